The molecule has 0 bridgehead atoms. The first-order valence-electron chi connectivity index (χ1n) is 5.87. The van der Waals surface area contributed by atoms with Crippen molar-refractivity contribution in [2.45, 2.75) is 18.6 Å². The van der Waals surface area contributed by atoms with E-state index in [-0.39, 0.29) is 10.7 Å². The van der Waals surface area contributed by atoms with Crippen molar-refractivity contribution in [2.75, 3.05) is 24.6 Å². The van der Waals surface area contributed by atoms with Crippen LogP contribution in [0.1, 0.15) is 24.2 Å². The molecule has 1 aliphatic rings. The second kappa shape index (κ2) is 5.02. The summed E-state index contributed by atoms with van der Waals surface area (Å²) in [6.07, 6.45) is 0. The minimum Gasteiger partial charge on any atom is -0.398 e. The standard InChI is InChI=1S/C13H17ClN2OS/c1-13(2)8-16(5-6-18-13)12(17)9-3-4-10(14)11(15)7-9/h3-4,7H,5-6,8,15H2,1-2H3. The van der Waals surface area contributed by atoms with Gasteiger partial charge in [-0.15, -0.1) is 0 Å². The zero-order valence-electron chi connectivity index (χ0n) is 10.6. The first-order chi connectivity index (χ1) is 8.39. The molecule has 1 aromatic carbocycles. The molecule has 1 saturated heterocycles. The summed E-state index contributed by atoms with van der Waals surface area (Å²) in [4.78, 5) is 14.3. The van der Waals surface area contributed by atoms with Crippen molar-refractivity contribution in [1.82, 2.24) is 4.90 Å². The number of hydrogen-bond donors (Lipinski definition) is 1. The molecule has 0 atom stereocenters. The van der Waals surface area contributed by atoms with Gasteiger partial charge in [0.05, 0.1) is 10.7 Å². The van der Waals surface area contributed by atoms with Crippen molar-refractivity contribution in [3.63, 3.8) is 0 Å². The second-order valence-electron chi connectivity index (χ2n) is 5.07. The molecule has 1 amide bonds. The summed E-state index contributed by atoms with van der Waals surface area (Å²) in [5.41, 5.74) is 6.80. The largest absolute Gasteiger partial charge is 0.398 e. The van der Waals surface area contributed by atoms with Gasteiger partial charge in [0.2, 0.25) is 0 Å². The average Bonchev–Trinajstić information content (AvgIpc) is 2.30. The van der Waals surface area contributed by atoms with Gasteiger partial charge in [-0.2, -0.15) is 11.8 Å². The smallest absolute Gasteiger partial charge is 0.254 e. The molecule has 1 aliphatic heterocycles. The molecule has 2 rings (SSSR count). The van der Waals surface area contributed by atoms with Gasteiger partial charge >= 0.3 is 0 Å². The fourth-order valence-corrected chi connectivity index (χ4v) is 3.28. The minimum absolute atomic E-state index is 0.0340. The zero-order chi connectivity index (χ0) is 13.3. The molecule has 0 radical (unpaired) electrons. The number of nitrogens with zero attached hydrogens (tertiary/aromatic N) is 1. The molecule has 0 saturated carbocycles. The van der Waals surface area contributed by atoms with E-state index in [2.05, 4.69) is 13.8 Å². The van der Waals surface area contributed by atoms with Gasteiger partial charge in [-0.25, -0.2) is 0 Å². The summed E-state index contributed by atoms with van der Waals surface area (Å²) in [5, 5.41) is 0.487. The third kappa shape index (κ3) is 2.93. The number of hydrogen-bond acceptors (Lipinski definition) is 3. The van der Waals surface area contributed by atoms with Gasteiger partial charge in [0, 0.05) is 29.2 Å². The van der Waals surface area contributed by atoms with Crippen LogP contribution in [0.25, 0.3) is 0 Å². The molecule has 1 fully saturated rings. The van der Waals surface area contributed by atoms with Crippen LogP contribution in [0.5, 0.6) is 0 Å². The number of carbonyl (C=O) groups excluding carboxylic acids is 1. The van der Waals surface area contributed by atoms with Gasteiger partial charge in [-0.3, -0.25) is 4.79 Å². The minimum atomic E-state index is 0.0340. The SMILES string of the molecule is CC1(C)CN(C(=O)c2ccc(Cl)c(N)c2)CCS1. The van der Waals surface area contributed by atoms with Gasteiger partial charge in [0.15, 0.2) is 0 Å². The highest BCUT2D eigenvalue weighted by molar-refractivity contribution is 8.00. The molecular weight excluding hydrogens is 268 g/mol. The van der Waals surface area contributed by atoms with Crippen LogP contribution in [0.2, 0.25) is 5.02 Å². The third-order valence-electron chi connectivity index (χ3n) is 2.96. The predicted octanol–water partition coefficient (Wildman–Crippen LogP) is 2.89. The number of amides is 1. The molecule has 0 unspecified atom stereocenters. The summed E-state index contributed by atoms with van der Waals surface area (Å²) in [6, 6.07) is 5.06. The number of anilines is 1. The van der Waals surface area contributed by atoms with E-state index in [0.29, 0.717) is 16.3 Å². The molecule has 1 aromatic rings. The van der Waals surface area contributed by atoms with Gasteiger partial charge < -0.3 is 10.6 Å². The Balaban J connectivity index is 2.18. The van der Waals surface area contributed by atoms with E-state index in [1.54, 1.807) is 18.2 Å². The Morgan fingerprint density at radius 2 is 2.22 bits per heavy atom. The zero-order valence-corrected chi connectivity index (χ0v) is 12.1. The fourth-order valence-electron chi connectivity index (χ4n) is 2.05. The first-order valence-corrected chi connectivity index (χ1v) is 7.24. The topological polar surface area (TPSA) is 46.3 Å². The van der Waals surface area contributed by atoms with E-state index in [1.165, 1.54) is 0 Å². The van der Waals surface area contributed by atoms with Crippen molar-refractivity contribution in [1.29, 1.82) is 0 Å². The summed E-state index contributed by atoms with van der Waals surface area (Å²) >= 11 is 7.77. The quantitative estimate of drug-likeness (QED) is 0.807. The molecular formula is C13H17ClN2OS. The lowest BCUT2D eigenvalue weighted by atomic mass is 10.1. The summed E-state index contributed by atoms with van der Waals surface area (Å²) in [5.74, 6) is 1.01. The molecule has 0 spiro atoms. The van der Waals surface area contributed by atoms with Crippen LogP contribution in [0.4, 0.5) is 5.69 Å². The highest BCUT2D eigenvalue weighted by atomic mass is 35.5. The van der Waals surface area contributed by atoms with Gasteiger partial charge in [-0.05, 0) is 32.0 Å². The highest BCUT2D eigenvalue weighted by Crippen LogP contribution is 2.30. The van der Waals surface area contributed by atoms with E-state index in [4.69, 9.17) is 17.3 Å². The maximum Gasteiger partial charge on any atom is 0.254 e. The molecule has 3 nitrogen and oxygen atoms in total. The summed E-state index contributed by atoms with van der Waals surface area (Å²) < 4.78 is 0.117. The number of carbonyl (C=O) groups is 1. The Labute approximate surface area is 117 Å². The lowest BCUT2D eigenvalue weighted by Crippen LogP contribution is -2.46. The Hall–Kier alpha value is -0.870. The molecule has 98 valence electrons. The molecule has 1 heterocycles. The normalized spacial score (nSPS) is 18.7. The van der Waals surface area contributed by atoms with Crippen molar-refractivity contribution < 1.29 is 4.79 Å². The summed E-state index contributed by atoms with van der Waals surface area (Å²) in [6.45, 7) is 5.87. The lowest BCUT2D eigenvalue weighted by Gasteiger charge is -2.37. The van der Waals surface area contributed by atoms with E-state index in [9.17, 15) is 4.79 Å². The van der Waals surface area contributed by atoms with Crippen LogP contribution in [-0.4, -0.2) is 34.4 Å². The molecule has 0 aromatic heterocycles. The Morgan fingerprint density at radius 1 is 1.50 bits per heavy atom. The van der Waals surface area contributed by atoms with Gasteiger partial charge in [-0.1, -0.05) is 11.6 Å². The maximum absolute atomic E-state index is 12.4. The van der Waals surface area contributed by atoms with E-state index in [1.807, 2.05) is 16.7 Å². The maximum atomic E-state index is 12.4. The lowest BCUT2D eigenvalue weighted by molar-refractivity contribution is 0.0748. The van der Waals surface area contributed by atoms with Crippen molar-refractivity contribution >= 4 is 35.0 Å². The molecule has 5 heteroatoms. The Bertz CT molecular complexity index is 476. The molecule has 18 heavy (non-hydrogen) atoms. The van der Waals surface area contributed by atoms with Crippen LogP contribution in [0.15, 0.2) is 18.2 Å². The number of benzene rings is 1. The molecule has 0 aliphatic carbocycles. The van der Waals surface area contributed by atoms with Crippen molar-refractivity contribution in [2.24, 2.45) is 0 Å². The number of halogens is 1. The number of nitrogens with two attached hydrogens (primary N) is 1. The first kappa shape index (κ1) is 13.6. The van der Waals surface area contributed by atoms with Crippen molar-refractivity contribution in [3.05, 3.63) is 28.8 Å². The summed E-state index contributed by atoms with van der Waals surface area (Å²) in [7, 11) is 0. The van der Waals surface area contributed by atoms with Crippen molar-refractivity contribution in [3.8, 4) is 0 Å². The van der Waals surface area contributed by atoms with Crippen LogP contribution in [-0.2, 0) is 0 Å². The number of thioether (sulfide) groups is 1. The number of rotatable bonds is 1. The van der Waals surface area contributed by atoms with Crippen LogP contribution < -0.4 is 5.73 Å². The number of nitrogen functional groups attached to an aromatic ring is 1. The molecule has 2 N–H and O–H groups in total. The van der Waals surface area contributed by atoms with Gasteiger partial charge in [0.25, 0.3) is 5.91 Å². The predicted molar refractivity (Wildman–Crippen MR) is 78.3 cm³/mol. The van der Waals surface area contributed by atoms with Gasteiger partial charge in [0.1, 0.15) is 0 Å². The van der Waals surface area contributed by atoms with E-state index in [0.717, 1.165) is 18.8 Å². The van der Waals surface area contributed by atoms with E-state index >= 15 is 0 Å². The van der Waals surface area contributed by atoms with Crippen LogP contribution in [0, 0.1) is 0 Å². The third-order valence-corrected chi connectivity index (χ3v) is 4.60. The van der Waals surface area contributed by atoms with Crippen LogP contribution in [0.3, 0.4) is 0 Å². The monoisotopic (exact) mass is 284 g/mol. The average molecular weight is 285 g/mol. The van der Waals surface area contributed by atoms with E-state index < -0.39 is 0 Å². The second-order valence-corrected chi connectivity index (χ2v) is 7.28. The Morgan fingerprint density at radius 3 is 2.83 bits per heavy atom. The Kier molecular flexibility index (Phi) is 3.78. The fraction of sp³-hybridized carbons (Fsp3) is 0.462. The van der Waals surface area contributed by atoms with Crippen LogP contribution >= 0.6 is 23.4 Å². The highest BCUT2D eigenvalue weighted by Gasteiger charge is 2.30.